The van der Waals surface area contributed by atoms with Crippen LogP contribution in [0, 0.1) is 40.4 Å². The van der Waals surface area contributed by atoms with Gasteiger partial charge in [0, 0.05) is 0 Å². The third-order valence-corrected chi connectivity index (χ3v) is 9.70. The summed E-state index contributed by atoms with van der Waals surface area (Å²) in [6.07, 6.45) is 17.2. The molecule has 156 valence electrons. The van der Waals surface area contributed by atoms with E-state index in [2.05, 4.69) is 32.9 Å². The Hall–Kier alpha value is -0.890. The number of aliphatic hydroxyl groups is 1. The molecule has 2 nitrogen and oxygen atoms in total. The predicted molar refractivity (Wildman–Crippen MR) is 115 cm³/mol. The molecule has 0 radical (unpaired) electrons. The fourth-order valence-corrected chi connectivity index (χ4v) is 8.23. The second-order valence-corrected chi connectivity index (χ2v) is 11.1. The van der Waals surface area contributed by atoms with E-state index in [1.54, 1.807) is 18.6 Å². The van der Waals surface area contributed by atoms with Gasteiger partial charge in [0.1, 0.15) is 0 Å². The van der Waals surface area contributed by atoms with Gasteiger partial charge in [-0.15, -0.1) is 0 Å². The van der Waals surface area contributed by atoms with Crippen LogP contribution in [0.3, 0.4) is 0 Å². The van der Waals surface area contributed by atoms with Crippen LogP contribution in [0.25, 0.3) is 0 Å². The quantitative estimate of drug-likeness (QED) is 0.470. The topological polar surface area (TPSA) is 37.3 Å². The minimum Gasteiger partial charge on any atom is -0.393 e. The molecule has 0 amide bonds. The first-order valence-electron chi connectivity index (χ1n) is 11.8. The number of ketones is 1. The summed E-state index contributed by atoms with van der Waals surface area (Å²) in [5.41, 5.74) is 2.39. The lowest BCUT2D eigenvalue weighted by molar-refractivity contribution is -0.112. The Morgan fingerprint density at radius 2 is 2.00 bits per heavy atom. The van der Waals surface area contributed by atoms with Gasteiger partial charge in [-0.25, -0.2) is 0 Å². The Bertz CT molecular complexity index is 676. The summed E-state index contributed by atoms with van der Waals surface area (Å²) in [6, 6.07) is 0. The summed E-state index contributed by atoms with van der Waals surface area (Å²) in [7, 11) is 0. The highest BCUT2D eigenvalue weighted by Gasteiger charge is 2.58. The van der Waals surface area contributed by atoms with E-state index in [1.165, 1.54) is 38.5 Å². The molecule has 0 heterocycles. The highest BCUT2D eigenvalue weighted by molar-refractivity contribution is 5.87. The molecule has 8 atom stereocenters. The molecular weight excluding hydrogens is 344 g/mol. The van der Waals surface area contributed by atoms with Crippen LogP contribution in [0.4, 0.5) is 0 Å². The highest BCUT2D eigenvalue weighted by atomic mass is 16.3. The van der Waals surface area contributed by atoms with Crippen LogP contribution < -0.4 is 0 Å². The van der Waals surface area contributed by atoms with Crippen LogP contribution in [-0.2, 0) is 4.79 Å². The molecule has 3 saturated carbocycles. The number of fused-ring (bicyclic) bond motifs is 5. The van der Waals surface area contributed by atoms with Crippen LogP contribution in [-0.4, -0.2) is 17.0 Å². The molecule has 4 aliphatic carbocycles. The van der Waals surface area contributed by atoms with Gasteiger partial charge in [-0.1, -0.05) is 38.5 Å². The lowest BCUT2D eigenvalue weighted by atomic mass is 9.47. The van der Waals surface area contributed by atoms with Crippen molar-refractivity contribution in [1.82, 2.24) is 0 Å². The van der Waals surface area contributed by atoms with Crippen molar-refractivity contribution in [3.8, 4) is 0 Å². The molecule has 0 saturated heterocycles. The van der Waals surface area contributed by atoms with Crippen molar-refractivity contribution in [3.05, 3.63) is 23.8 Å². The molecule has 0 spiro atoms. The van der Waals surface area contributed by atoms with Gasteiger partial charge in [0.05, 0.1) is 6.10 Å². The van der Waals surface area contributed by atoms with Crippen molar-refractivity contribution in [2.75, 3.05) is 0 Å². The molecule has 0 aliphatic heterocycles. The second kappa shape index (κ2) is 7.42. The molecule has 4 aliphatic rings. The minimum absolute atomic E-state index is 0.107. The molecule has 0 bridgehead atoms. The van der Waals surface area contributed by atoms with Crippen molar-refractivity contribution in [1.29, 1.82) is 0 Å². The summed E-state index contributed by atoms with van der Waals surface area (Å²) in [4.78, 5) is 11.3. The van der Waals surface area contributed by atoms with E-state index < -0.39 is 0 Å². The van der Waals surface area contributed by atoms with Crippen LogP contribution >= 0.6 is 0 Å². The Balaban J connectivity index is 1.53. The smallest absolute Gasteiger partial charge is 0.152 e. The first-order chi connectivity index (χ1) is 13.3. The standard InChI is InChI=1S/C26H40O2/c1-17(6-5-7-18(2)27)22-10-11-23-21-9-8-19-16-20(28)12-14-25(19,3)24(21)13-15-26(22,23)4/h5,7-8,17,20-24,28H,6,9-16H2,1-4H3/b7-5+/t17-,20+,21+,22-,23+,24+,25+,26-/m1/s1. The largest absolute Gasteiger partial charge is 0.393 e. The third kappa shape index (κ3) is 3.24. The molecule has 4 rings (SSSR count). The molecular formula is C26H40O2. The maximum Gasteiger partial charge on any atom is 0.152 e. The summed E-state index contributed by atoms with van der Waals surface area (Å²) in [5, 5.41) is 10.2. The Labute approximate surface area is 171 Å². The van der Waals surface area contributed by atoms with E-state index >= 15 is 0 Å². The lowest BCUT2D eigenvalue weighted by Gasteiger charge is -2.58. The van der Waals surface area contributed by atoms with E-state index in [-0.39, 0.29) is 11.9 Å². The maximum atomic E-state index is 11.3. The third-order valence-electron chi connectivity index (χ3n) is 9.70. The fraction of sp³-hybridized carbons (Fsp3) is 0.808. The molecule has 3 fully saturated rings. The predicted octanol–water partition coefficient (Wildman–Crippen LogP) is 6.10. The van der Waals surface area contributed by atoms with Crippen molar-refractivity contribution in [2.24, 2.45) is 40.4 Å². The zero-order chi connectivity index (χ0) is 20.1. The van der Waals surface area contributed by atoms with Gasteiger partial charge in [-0.05, 0) is 111 Å². The fourth-order valence-electron chi connectivity index (χ4n) is 8.23. The molecule has 1 N–H and O–H groups in total. The van der Waals surface area contributed by atoms with E-state index in [0.717, 1.165) is 42.9 Å². The number of hydrogen-bond acceptors (Lipinski definition) is 2. The normalized spacial score (nSPS) is 46.5. The molecule has 0 aromatic carbocycles. The minimum atomic E-state index is -0.107. The number of carbonyl (C=O) groups is 1. The first-order valence-corrected chi connectivity index (χ1v) is 11.8. The molecule has 2 heteroatoms. The van der Waals surface area contributed by atoms with Gasteiger partial charge in [-0.2, -0.15) is 0 Å². The zero-order valence-corrected chi connectivity index (χ0v) is 18.4. The van der Waals surface area contributed by atoms with E-state index in [0.29, 0.717) is 16.7 Å². The van der Waals surface area contributed by atoms with Crippen molar-refractivity contribution in [3.63, 3.8) is 0 Å². The number of carbonyl (C=O) groups excluding carboxylic acids is 1. The molecule has 28 heavy (non-hydrogen) atoms. The van der Waals surface area contributed by atoms with Gasteiger partial charge in [0.25, 0.3) is 0 Å². The highest BCUT2D eigenvalue weighted by Crippen LogP contribution is 2.67. The average molecular weight is 385 g/mol. The Morgan fingerprint density at radius 1 is 1.21 bits per heavy atom. The van der Waals surface area contributed by atoms with Gasteiger partial charge in [-0.3, -0.25) is 4.79 Å². The van der Waals surface area contributed by atoms with E-state index in [9.17, 15) is 9.90 Å². The average Bonchev–Trinajstić information content (AvgIpc) is 2.99. The number of allylic oxidation sites excluding steroid dienone is 3. The van der Waals surface area contributed by atoms with Crippen LogP contribution in [0.15, 0.2) is 23.8 Å². The van der Waals surface area contributed by atoms with Crippen molar-refractivity contribution < 1.29 is 9.90 Å². The van der Waals surface area contributed by atoms with Gasteiger partial charge in [0.2, 0.25) is 0 Å². The molecule has 0 aromatic heterocycles. The maximum absolute atomic E-state index is 11.3. The second-order valence-electron chi connectivity index (χ2n) is 11.1. The monoisotopic (exact) mass is 384 g/mol. The van der Waals surface area contributed by atoms with Crippen LogP contribution in [0.2, 0.25) is 0 Å². The zero-order valence-electron chi connectivity index (χ0n) is 18.4. The Morgan fingerprint density at radius 3 is 2.75 bits per heavy atom. The molecule has 0 aromatic rings. The number of rotatable bonds is 4. The van der Waals surface area contributed by atoms with Crippen LogP contribution in [0.5, 0.6) is 0 Å². The first kappa shape index (κ1) is 20.4. The van der Waals surface area contributed by atoms with Gasteiger partial charge >= 0.3 is 0 Å². The number of hydrogen-bond donors (Lipinski definition) is 1. The Kier molecular flexibility index (Phi) is 5.40. The summed E-state index contributed by atoms with van der Waals surface area (Å²) in [6.45, 7) is 9.18. The van der Waals surface area contributed by atoms with E-state index in [4.69, 9.17) is 0 Å². The number of aliphatic hydroxyl groups excluding tert-OH is 1. The SMILES string of the molecule is CC(=O)/C=C/C[C@@H](C)[C@H]1CC[C@H]2[C@@H]3CC=C4C[C@@H](O)CC[C@]4(C)[C@H]3CC[C@]12C. The van der Waals surface area contributed by atoms with Crippen molar-refractivity contribution >= 4 is 5.78 Å². The van der Waals surface area contributed by atoms with Crippen LogP contribution in [0.1, 0.15) is 85.5 Å². The lowest BCUT2D eigenvalue weighted by Crippen LogP contribution is -2.50. The van der Waals surface area contributed by atoms with Gasteiger partial charge in [0.15, 0.2) is 5.78 Å². The van der Waals surface area contributed by atoms with Crippen molar-refractivity contribution in [2.45, 2.75) is 91.6 Å². The molecule has 0 unspecified atom stereocenters. The summed E-state index contributed by atoms with van der Waals surface area (Å²) in [5.74, 6) is 4.15. The van der Waals surface area contributed by atoms with Gasteiger partial charge < -0.3 is 5.11 Å². The van der Waals surface area contributed by atoms with E-state index in [1.807, 2.05) is 0 Å². The summed E-state index contributed by atoms with van der Waals surface area (Å²) < 4.78 is 0. The summed E-state index contributed by atoms with van der Waals surface area (Å²) >= 11 is 0.